The maximum Gasteiger partial charge on any atom is 0.175 e. The second-order valence-electron chi connectivity index (χ2n) is 6.69. The van der Waals surface area contributed by atoms with Crippen molar-refractivity contribution in [1.82, 2.24) is 4.98 Å². The van der Waals surface area contributed by atoms with Crippen molar-refractivity contribution in [1.29, 1.82) is 0 Å². The molecule has 0 saturated carbocycles. The van der Waals surface area contributed by atoms with E-state index < -0.39 is 0 Å². The van der Waals surface area contributed by atoms with Gasteiger partial charge in [0.05, 0.1) is 10.6 Å². The normalized spacial score (nSPS) is 16.9. The molecule has 21 heavy (non-hydrogen) atoms. The zero-order valence-electron chi connectivity index (χ0n) is 12.8. The van der Waals surface area contributed by atoms with Gasteiger partial charge in [0.2, 0.25) is 0 Å². The molecule has 0 aliphatic heterocycles. The number of fused-ring (bicyclic) bond motifs is 1. The van der Waals surface area contributed by atoms with E-state index in [2.05, 4.69) is 13.8 Å². The molecular weight excluding hydrogens is 282 g/mol. The summed E-state index contributed by atoms with van der Waals surface area (Å²) in [5.74, 6) is 0.537. The Bertz CT molecular complexity index is 720. The second-order valence-corrected chi connectivity index (χ2v) is 7.69. The fourth-order valence-corrected chi connectivity index (χ4v) is 3.93. The number of aromatic nitrogens is 1. The molecule has 0 unspecified atom stereocenters. The number of phenols is 1. The van der Waals surface area contributed by atoms with Crippen LogP contribution in [-0.4, -0.2) is 15.9 Å². The Labute approximate surface area is 128 Å². The zero-order valence-corrected chi connectivity index (χ0v) is 13.6. The van der Waals surface area contributed by atoms with Crippen LogP contribution < -0.4 is 0 Å². The van der Waals surface area contributed by atoms with Crippen LogP contribution in [0.4, 0.5) is 0 Å². The highest BCUT2D eigenvalue weighted by atomic mass is 32.1. The van der Waals surface area contributed by atoms with E-state index in [0.717, 1.165) is 38.7 Å². The van der Waals surface area contributed by atoms with E-state index in [4.69, 9.17) is 4.98 Å². The van der Waals surface area contributed by atoms with Crippen molar-refractivity contribution in [3.8, 4) is 16.3 Å². The van der Waals surface area contributed by atoms with Crippen LogP contribution in [0.15, 0.2) is 12.1 Å². The predicted molar refractivity (Wildman–Crippen MR) is 85.1 cm³/mol. The van der Waals surface area contributed by atoms with Gasteiger partial charge in [-0.25, -0.2) is 4.98 Å². The molecule has 1 aromatic carbocycles. The average Bonchev–Trinajstić information content (AvgIpc) is 2.77. The number of carbonyl (C=O) groups is 1. The lowest BCUT2D eigenvalue weighted by Gasteiger charge is -2.26. The van der Waals surface area contributed by atoms with E-state index in [1.54, 1.807) is 0 Å². The summed E-state index contributed by atoms with van der Waals surface area (Å²) in [4.78, 5) is 17.8. The molecule has 110 valence electrons. The van der Waals surface area contributed by atoms with E-state index in [1.807, 2.05) is 26.0 Å². The Morgan fingerprint density at radius 3 is 2.43 bits per heavy atom. The van der Waals surface area contributed by atoms with Gasteiger partial charge in [-0.1, -0.05) is 13.8 Å². The van der Waals surface area contributed by atoms with Crippen LogP contribution in [0.2, 0.25) is 0 Å². The highest BCUT2D eigenvalue weighted by molar-refractivity contribution is 7.17. The molecule has 4 heteroatoms. The van der Waals surface area contributed by atoms with Crippen molar-refractivity contribution in [3.63, 3.8) is 0 Å². The number of carbonyl (C=O) groups excluding carboxylic acids is 1. The van der Waals surface area contributed by atoms with E-state index in [9.17, 15) is 9.90 Å². The summed E-state index contributed by atoms with van der Waals surface area (Å²) >= 11 is 1.48. The average molecular weight is 301 g/mol. The summed E-state index contributed by atoms with van der Waals surface area (Å²) < 4.78 is 0. The monoisotopic (exact) mass is 301 g/mol. The lowest BCUT2D eigenvalue weighted by atomic mass is 9.78. The molecular formula is C17H19NO2S. The van der Waals surface area contributed by atoms with Gasteiger partial charge in [-0.3, -0.25) is 4.79 Å². The molecule has 1 aromatic heterocycles. The Kier molecular flexibility index (Phi) is 3.17. The molecule has 1 aliphatic carbocycles. The van der Waals surface area contributed by atoms with Gasteiger partial charge in [-0.05, 0) is 48.9 Å². The van der Waals surface area contributed by atoms with Crippen LogP contribution in [0.1, 0.15) is 46.8 Å². The van der Waals surface area contributed by atoms with Crippen molar-refractivity contribution in [3.05, 3.63) is 33.8 Å². The lowest BCUT2D eigenvalue weighted by Crippen LogP contribution is -2.25. The van der Waals surface area contributed by atoms with Gasteiger partial charge in [0.1, 0.15) is 10.8 Å². The van der Waals surface area contributed by atoms with Crippen LogP contribution in [-0.2, 0) is 6.42 Å². The fourth-order valence-electron chi connectivity index (χ4n) is 2.92. The molecule has 0 amide bonds. The largest absolute Gasteiger partial charge is 0.507 e. The molecule has 0 fully saturated rings. The maximum absolute atomic E-state index is 12.3. The van der Waals surface area contributed by atoms with Gasteiger partial charge in [0.25, 0.3) is 0 Å². The zero-order chi connectivity index (χ0) is 15.4. The Hall–Kier alpha value is -1.68. The van der Waals surface area contributed by atoms with Gasteiger partial charge in [0.15, 0.2) is 5.78 Å². The quantitative estimate of drug-likeness (QED) is 0.855. The third-order valence-electron chi connectivity index (χ3n) is 3.97. The van der Waals surface area contributed by atoms with E-state index >= 15 is 0 Å². The summed E-state index contributed by atoms with van der Waals surface area (Å²) in [7, 11) is 0. The molecule has 1 N–H and O–H groups in total. The fraction of sp³-hybridized carbons (Fsp3) is 0.412. The standard InChI is InChI=1S/C17H19NO2S/c1-9-5-11(6-10(2)14(9)20)16-18-12-7-17(3,4)8-13(19)15(12)21-16/h5-6,20H,7-8H2,1-4H3. The third kappa shape index (κ3) is 2.48. The first-order chi connectivity index (χ1) is 9.77. The van der Waals surface area contributed by atoms with E-state index in [0.29, 0.717) is 12.2 Å². The Balaban J connectivity index is 2.09. The number of hydrogen-bond donors (Lipinski definition) is 1. The second kappa shape index (κ2) is 4.67. The number of nitrogens with zero attached hydrogens (tertiary/aromatic N) is 1. The van der Waals surface area contributed by atoms with Gasteiger partial charge in [-0.15, -0.1) is 11.3 Å². The molecule has 1 aliphatic rings. The van der Waals surface area contributed by atoms with Crippen LogP contribution in [0.25, 0.3) is 10.6 Å². The number of thiazole rings is 1. The van der Waals surface area contributed by atoms with Crippen LogP contribution in [0.3, 0.4) is 0 Å². The molecule has 0 spiro atoms. The first-order valence-corrected chi connectivity index (χ1v) is 7.92. The van der Waals surface area contributed by atoms with Gasteiger partial charge < -0.3 is 5.11 Å². The highest BCUT2D eigenvalue weighted by Crippen LogP contribution is 2.40. The summed E-state index contributed by atoms with van der Waals surface area (Å²) in [5.41, 5.74) is 3.58. The molecule has 3 nitrogen and oxygen atoms in total. The molecule has 0 bridgehead atoms. The van der Waals surface area contributed by atoms with Gasteiger partial charge in [0, 0.05) is 12.0 Å². The number of aromatic hydroxyl groups is 1. The Morgan fingerprint density at radius 1 is 1.19 bits per heavy atom. The summed E-state index contributed by atoms with van der Waals surface area (Å²) in [6, 6.07) is 3.87. The number of Topliss-reactive ketones (excluding diaryl/α,β-unsaturated/α-hetero) is 1. The Morgan fingerprint density at radius 2 is 1.81 bits per heavy atom. The van der Waals surface area contributed by atoms with E-state index in [1.165, 1.54) is 11.3 Å². The van der Waals surface area contributed by atoms with Crippen molar-refractivity contribution in [2.45, 2.75) is 40.5 Å². The number of rotatable bonds is 1. The smallest absolute Gasteiger partial charge is 0.175 e. The number of aryl methyl sites for hydroxylation is 2. The molecule has 0 atom stereocenters. The first-order valence-electron chi connectivity index (χ1n) is 7.10. The third-order valence-corrected chi connectivity index (χ3v) is 5.16. The minimum atomic E-state index is -0.00375. The predicted octanol–water partition coefficient (Wildman–Crippen LogP) is 4.29. The van der Waals surface area contributed by atoms with E-state index in [-0.39, 0.29) is 11.2 Å². The molecule has 0 saturated heterocycles. The number of ketones is 1. The molecule has 0 radical (unpaired) electrons. The van der Waals surface area contributed by atoms with Crippen LogP contribution in [0.5, 0.6) is 5.75 Å². The van der Waals surface area contributed by atoms with Crippen LogP contribution >= 0.6 is 11.3 Å². The minimum absolute atomic E-state index is 0.00375. The topological polar surface area (TPSA) is 50.2 Å². The lowest BCUT2D eigenvalue weighted by molar-refractivity contribution is 0.0916. The van der Waals surface area contributed by atoms with Crippen molar-refractivity contribution in [2.75, 3.05) is 0 Å². The maximum atomic E-state index is 12.3. The number of phenolic OH excluding ortho intramolecular Hbond substituents is 1. The van der Waals surface area contributed by atoms with Crippen molar-refractivity contribution >= 4 is 17.1 Å². The van der Waals surface area contributed by atoms with Crippen LogP contribution in [0, 0.1) is 19.3 Å². The van der Waals surface area contributed by atoms with Gasteiger partial charge >= 0.3 is 0 Å². The number of benzene rings is 1. The SMILES string of the molecule is Cc1cc(-c2nc3c(s2)C(=O)CC(C)(C)C3)cc(C)c1O. The van der Waals surface area contributed by atoms with Gasteiger partial charge in [-0.2, -0.15) is 0 Å². The highest BCUT2D eigenvalue weighted by Gasteiger charge is 2.34. The molecule has 3 rings (SSSR count). The van der Waals surface area contributed by atoms with Crippen molar-refractivity contribution < 1.29 is 9.90 Å². The molecule has 2 aromatic rings. The summed E-state index contributed by atoms with van der Waals surface area (Å²) in [6.45, 7) is 7.99. The first kappa shape index (κ1) is 14.3. The number of hydrogen-bond acceptors (Lipinski definition) is 4. The summed E-state index contributed by atoms with van der Waals surface area (Å²) in [5, 5.41) is 10.8. The summed E-state index contributed by atoms with van der Waals surface area (Å²) in [6.07, 6.45) is 1.44. The molecule has 1 heterocycles. The van der Waals surface area contributed by atoms with Crippen molar-refractivity contribution in [2.24, 2.45) is 5.41 Å². The minimum Gasteiger partial charge on any atom is -0.507 e.